The van der Waals surface area contributed by atoms with Crippen LogP contribution in [-0.2, 0) is 12.3 Å². The summed E-state index contributed by atoms with van der Waals surface area (Å²) in [6.07, 6.45) is 0. The molecule has 0 aliphatic carbocycles. The van der Waals surface area contributed by atoms with Crippen LogP contribution in [0, 0.1) is 11.3 Å². The molecule has 0 amide bonds. The molecule has 25 heavy (non-hydrogen) atoms. The number of thioether (sulfide) groups is 1. The average molecular weight is 350 g/mol. The smallest absolute Gasteiger partial charge is 0.191 e. The van der Waals surface area contributed by atoms with Crippen LogP contribution in [0.2, 0.25) is 0 Å². The molecule has 1 heterocycles. The normalized spacial score (nSPS) is 10.4. The largest absolute Gasteiger partial charge is 0.497 e. The van der Waals surface area contributed by atoms with Gasteiger partial charge in [0.05, 0.1) is 18.7 Å². The van der Waals surface area contributed by atoms with Crippen molar-refractivity contribution in [2.75, 3.05) is 7.11 Å². The lowest BCUT2D eigenvalue weighted by atomic mass is 10.2. The molecule has 0 bridgehead atoms. The second-order valence-corrected chi connectivity index (χ2v) is 6.32. The van der Waals surface area contributed by atoms with Gasteiger partial charge >= 0.3 is 0 Å². The van der Waals surface area contributed by atoms with E-state index < -0.39 is 0 Å². The highest BCUT2D eigenvalue weighted by atomic mass is 32.2. The molecule has 0 atom stereocenters. The summed E-state index contributed by atoms with van der Waals surface area (Å²) >= 11 is 1.62. The Morgan fingerprint density at radius 2 is 1.96 bits per heavy atom. The molecule has 0 unspecified atom stereocenters. The van der Waals surface area contributed by atoms with E-state index in [9.17, 15) is 0 Å². The number of benzene rings is 2. The second kappa shape index (κ2) is 7.86. The van der Waals surface area contributed by atoms with E-state index in [1.165, 1.54) is 0 Å². The zero-order valence-electron chi connectivity index (χ0n) is 14.1. The first kappa shape index (κ1) is 17.1. The fourth-order valence-corrected chi connectivity index (χ4v) is 3.46. The quantitative estimate of drug-likeness (QED) is 0.625. The molecule has 0 aliphatic heterocycles. The van der Waals surface area contributed by atoms with Crippen molar-refractivity contribution in [1.29, 1.82) is 5.26 Å². The highest BCUT2D eigenvalue weighted by Gasteiger charge is 2.13. The average Bonchev–Trinajstić information content (AvgIpc) is 3.09. The first-order chi connectivity index (χ1) is 12.2. The van der Waals surface area contributed by atoms with E-state index >= 15 is 0 Å². The molecular weight excluding hydrogens is 332 g/mol. The lowest BCUT2D eigenvalue weighted by molar-refractivity contribution is 0.415. The van der Waals surface area contributed by atoms with Crippen molar-refractivity contribution in [1.82, 2.24) is 14.8 Å². The highest BCUT2D eigenvalue weighted by molar-refractivity contribution is 7.98. The number of methoxy groups -OCH3 is 1. The maximum absolute atomic E-state index is 9.00. The summed E-state index contributed by atoms with van der Waals surface area (Å²) in [5.41, 5.74) is 2.78. The maximum Gasteiger partial charge on any atom is 0.191 e. The Balaban J connectivity index is 1.80. The number of nitriles is 1. The van der Waals surface area contributed by atoms with Gasteiger partial charge in [0.1, 0.15) is 5.75 Å². The van der Waals surface area contributed by atoms with Crippen molar-refractivity contribution in [3.63, 3.8) is 0 Å². The van der Waals surface area contributed by atoms with E-state index in [2.05, 4.69) is 27.8 Å². The van der Waals surface area contributed by atoms with E-state index in [-0.39, 0.29) is 0 Å². The Kier molecular flexibility index (Phi) is 5.36. The minimum Gasteiger partial charge on any atom is -0.497 e. The van der Waals surface area contributed by atoms with Gasteiger partial charge in [-0.2, -0.15) is 5.26 Å². The zero-order valence-corrected chi connectivity index (χ0v) is 15.0. The maximum atomic E-state index is 9.00. The monoisotopic (exact) mass is 350 g/mol. The van der Waals surface area contributed by atoms with Gasteiger partial charge in [-0.25, -0.2) is 0 Å². The number of hydrogen-bond donors (Lipinski definition) is 0. The molecule has 126 valence electrons. The number of hydrogen-bond acceptors (Lipinski definition) is 5. The van der Waals surface area contributed by atoms with Gasteiger partial charge in [0.25, 0.3) is 0 Å². The van der Waals surface area contributed by atoms with E-state index in [1.807, 2.05) is 48.5 Å². The molecule has 6 heteroatoms. The number of rotatable bonds is 6. The summed E-state index contributed by atoms with van der Waals surface area (Å²) in [5.74, 6) is 2.41. The van der Waals surface area contributed by atoms with Crippen molar-refractivity contribution in [3.8, 4) is 23.2 Å². The Morgan fingerprint density at radius 1 is 1.16 bits per heavy atom. The van der Waals surface area contributed by atoms with Gasteiger partial charge in [-0.05, 0) is 48.9 Å². The molecule has 3 aromatic rings. The van der Waals surface area contributed by atoms with Gasteiger partial charge < -0.3 is 9.30 Å². The standard InChI is InChI=1S/C19H18N4OS/c1-3-23-18(16-7-9-17(24-2)10-8-16)21-22-19(23)25-13-15-6-4-5-14(11-15)12-20/h4-11H,3,13H2,1-2H3. The molecular formula is C19H18N4OS. The van der Waals surface area contributed by atoms with Crippen molar-refractivity contribution in [2.24, 2.45) is 0 Å². The molecule has 0 spiro atoms. The highest BCUT2D eigenvalue weighted by Crippen LogP contribution is 2.27. The van der Waals surface area contributed by atoms with Crippen LogP contribution in [0.5, 0.6) is 5.75 Å². The van der Waals surface area contributed by atoms with Crippen LogP contribution in [0.15, 0.2) is 53.7 Å². The van der Waals surface area contributed by atoms with E-state index in [1.54, 1.807) is 18.9 Å². The molecule has 5 nitrogen and oxygen atoms in total. The molecule has 0 radical (unpaired) electrons. The summed E-state index contributed by atoms with van der Waals surface area (Å²) in [7, 11) is 1.65. The predicted octanol–water partition coefficient (Wildman–Crippen LogP) is 4.14. The molecule has 0 saturated carbocycles. The van der Waals surface area contributed by atoms with Crippen LogP contribution in [-0.4, -0.2) is 21.9 Å². The Bertz CT molecular complexity index is 897. The van der Waals surface area contributed by atoms with Crippen molar-refractivity contribution in [2.45, 2.75) is 24.4 Å². The zero-order chi connectivity index (χ0) is 17.6. The third-order valence-electron chi connectivity index (χ3n) is 3.81. The molecule has 0 aliphatic rings. The number of ether oxygens (including phenoxy) is 1. The Morgan fingerprint density at radius 3 is 2.64 bits per heavy atom. The van der Waals surface area contributed by atoms with Crippen LogP contribution in [0.4, 0.5) is 0 Å². The molecule has 0 saturated heterocycles. The number of aromatic nitrogens is 3. The SMILES string of the molecule is CCn1c(SCc2cccc(C#N)c2)nnc1-c1ccc(OC)cc1. The van der Waals surface area contributed by atoms with Gasteiger partial charge in [-0.1, -0.05) is 23.9 Å². The lowest BCUT2D eigenvalue weighted by Crippen LogP contribution is -2.00. The topological polar surface area (TPSA) is 63.7 Å². The van der Waals surface area contributed by atoms with Crippen LogP contribution in [0.1, 0.15) is 18.1 Å². The van der Waals surface area contributed by atoms with Crippen LogP contribution >= 0.6 is 11.8 Å². The van der Waals surface area contributed by atoms with Gasteiger partial charge in [0, 0.05) is 17.9 Å². The molecule has 0 N–H and O–H groups in total. The third kappa shape index (κ3) is 3.83. The Hall–Kier alpha value is -2.78. The summed E-state index contributed by atoms with van der Waals surface area (Å²) in [5, 5.41) is 18.6. The molecule has 2 aromatic carbocycles. The van der Waals surface area contributed by atoms with Gasteiger partial charge in [0.2, 0.25) is 0 Å². The van der Waals surface area contributed by atoms with Gasteiger partial charge in [0.15, 0.2) is 11.0 Å². The summed E-state index contributed by atoms with van der Waals surface area (Å²) in [4.78, 5) is 0. The van der Waals surface area contributed by atoms with E-state index in [0.717, 1.165) is 40.2 Å². The summed E-state index contributed by atoms with van der Waals surface area (Å²) in [6.45, 7) is 2.87. The fraction of sp³-hybridized carbons (Fsp3) is 0.211. The minimum atomic E-state index is 0.675. The lowest BCUT2D eigenvalue weighted by Gasteiger charge is -2.08. The minimum absolute atomic E-state index is 0.675. The Labute approximate surface area is 151 Å². The predicted molar refractivity (Wildman–Crippen MR) is 98.4 cm³/mol. The van der Waals surface area contributed by atoms with E-state index in [0.29, 0.717) is 5.56 Å². The van der Waals surface area contributed by atoms with Gasteiger partial charge in [-0.3, -0.25) is 0 Å². The van der Waals surface area contributed by atoms with Crippen LogP contribution < -0.4 is 4.74 Å². The van der Waals surface area contributed by atoms with Crippen molar-refractivity contribution in [3.05, 3.63) is 59.7 Å². The van der Waals surface area contributed by atoms with Crippen molar-refractivity contribution < 1.29 is 4.74 Å². The van der Waals surface area contributed by atoms with Crippen molar-refractivity contribution >= 4 is 11.8 Å². The van der Waals surface area contributed by atoms with E-state index in [4.69, 9.17) is 10.00 Å². The molecule has 0 fully saturated rings. The molecule has 3 rings (SSSR count). The second-order valence-electron chi connectivity index (χ2n) is 5.38. The van der Waals surface area contributed by atoms with Crippen LogP contribution in [0.25, 0.3) is 11.4 Å². The van der Waals surface area contributed by atoms with Crippen LogP contribution in [0.3, 0.4) is 0 Å². The summed E-state index contributed by atoms with van der Waals surface area (Å²) < 4.78 is 7.30. The third-order valence-corrected chi connectivity index (χ3v) is 4.84. The first-order valence-corrected chi connectivity index (χ1v) is 8.93. The fourth-order valence-electron chi connectivity index (χ4n) is 2.51. The number of nitrogens with zero attached hydrogens (tertiary/aromatic N) is 4. The molecule has 1 aromatic heterocycles. The van der Waals surface area contributed by atoms with Gasteiger partial charge in [-0.15, -0.1) is 10.2 Å². The first-order valence-electron chi connectivity index (χ1n) is 7.94. The summed E-state index contributed by atoms with van der Waals surface area (Å²) in [6, 6.07) is 17.6.